The maximum absolute atomic E-state index is 5.76. The van der Waals surface area contributed by atoms with Crippen molar-refractivity contribution in [2.45, 2.75) is 37.8 Å². The molecule has 3 nitrogen and oxygen atoms in total. The maximum Gasteiger partial charge on any atom is 0.122 e. The number of fused-ring (bicyclic) bond motifs is 1. The number of benzene rings is 1. The van der Waals surface area contributed by atoms with Gasteiger partial charge in [-0.05, 0) is 36.5 Å². The van der Waals surface area contributed by atoms with Crippen LogP contribution in [-0.2, 0) is 17.6 Å². The highest BCUT2D eigenvalue weighted by atomic mass is 16.5. The molecule has 2 aliphatic rings. The van der Waals surface area contributed by atoms with Crippen LogP contribution in [0, 0.1) is 0 Å². The summed E-state index contributed by atoms with van der Waals surface area (Å²) in [5.41, 5.74) is 8.41. The van der Waals surface area contributed by atoms with Gasteiger partial charge >= 0.3 is 0 Å². The Bertz CT molecular complexity index is 399. The van der Waals surface area contributed by atoms with Gasteiger partial charge in [0.2, 0.25) is 0 Å². The van der Waals surface area contributed by atoms with Gasteiger partial charge in [0.1, 0.15) is 5.75 Å². The molecule has 1 aromatic carbocycles. The predicted octanol–water partition coefficient (Wildman–Crippen LogP) is 1.67. The zero-order valence-electron chi connectivity index (χ0n) is 10.0. The van der Waals surface area contributed by atoms with Gasteiger partial charge in [-0.25, -0.2) is 0 Å². The number of ether oxygens (including phenoxy) is 2. The summed E-state index contributed by atoms with van der Waals surface area (Å²) >= 11 is 0. The van der Waals surface area contributed by atoms with E-state index in [4.69, 9.17) is 15.2 Å². The first-order valence-electron chi connectivity index (χ1n) is 6.43. The SMILES string of the molecule is NC1CC(OCCc2ccc3c(c2)CCO3)C1. The van der Waals surface area contributed by atoms with Crippen molar-refractivity contribution < 1.29 is 9.47 Å². The van der Waals surface area contributed by atoms with Crippen molar-refractivity contribution in [2.75, 3.05) is 13.2 Å². The molecule has 0 radical (unpaired) electrons. The minimum absolute atomic E-state index is 0.372. The topological polar surface area (TPSA) is 44.5 Å². The quantitative estimate of drug-likeness (QED) is 0.860. The van der Waals surface area contributed by atoms with Gasteiger partial charge in [-0.3, -0.25) is 0 Å². The molecule has 92 valence electrons. The van der Waals surface area contributed by atoms with Crippen LogP contribution in [0.5, 0.6) is 5.75 Å². The minimum Gasteiger partial charge on any atom is -0.493 e. The first-order chi connectivity index (χ1) is 8.31. The highest BCUT2D eigenvalue weighted by Crippen LogP contribution is 2.26. The van der Waals surface area contributed by atoms with Gasteiger partial charge in [-0.1, -0.05) is 12.1 Å². The summed E-state index contributed by atoms with van der Waals surface area (Å²) in [4.78, 5) is 0. The molecule has 0 unspecified atom stereocenters. The molecule has 1 aliphatic carbocycles. The lowest BCUT2D eigenvalue weighted by atomic mass is 9.90. The first-order valence-corrected chi connectivity index (χ1v) is 6.43. The summed E-state index contributed by atoms with van der Waals surface area (Å²) in [6.45, 7) is 1.63. The molecule has 0 atom stereocenters. The molecule has 1 aromatic rings. The Morgan fingerprint density at radius 3 is 3.06 bits per heavy atom. The molecule has 1 fully saturated rings. The van der Waals surface area contributed by atoms with Gasteiger partial charge in [0.25, 0.3) is 0 Å². The monoisotopic (exact) mass is 233 g/mol. The highest BCUT2D eigenvalue weighted by molar-refractivity contribution is 5.39. The number of hydrogen-bond acceptors (Lipinski definition) is 3. The molecule has 0 saturated heterocycles. The molecule has 17 heavy (non-hydrogen) atoms. The molecular weight excluding hydrogens is 214 g/mol. The lowest BCUT2D eigenvalue weighted by Gasteiger charge is -2.32. The van der Waals surface area contributed by atoms with Gasteiger partial charge in [-0.15, -0.1) is 0 Å². The Morgan fingerprint density at radius 1 is 1.35 bits per heavy atom. The molecule has 0 spiro atoms. The van der Waals surface area contributed by atoms with Crippen molar-refractivity contribution in [3.05, 3.63) is 29.3 Å². The zero-order valence-corrected chi connectivity index (χ0v) is 10.0. The van der Waals surface area contributed by atoms with Gasteiger partial charge in [0.05, 0.1) is 19.3 Å². The Morgan fingerprint density at radius 2 is 2.24 bits per heavy atom. The zero-order chi connectivity index (χ0) is 11.7. The number of nitrogens with two attached hydrogens (primary N) is 1. The summed E-state index contributed by atoms with van der Waals surface area (Å²) in [6, 6.07) is 6.84. The van der Waals surface area contributed by atoms with Crippen LogP contribution in [0.2, 0.25) is 0 Å². The third-order valence-corrected chi connectivity index (χ3v) is 3.63. The van der Waals surface area contributed by atoms with Crippen LogP contribution < -0.4 is 10.5 Å². The van der Waals surface area contributed by atoms with E-state index in [2.05, 4.69) is 18.2 Å². The summed E-state index contributed by atoms with van der Waals surface area (Å²) in [5, 5.41) is 0. The number of hydrogen-bond donors (Lipinski definition) is 1. The third kappa shape index (κ3) is 2.45. The van der Waals surface area contributed by atoms with Crippen LogP contribution in [0.15, 0.2) is 18.2 Å². The normalized spacial score (nSPS) is 26.2. The molecule has 1 saturated carbocycles. The van der Waals surface area contributed by atoms with E-state index in [1.807, 2.05) is 0 Å². The average Bonchev–Trinajstić information content (AvgIpc) is 2.73. The summed E-state index contributed by atoms with van der Waals surface area (Å²) in [5.74, 6) is 1.06. The Hall–Kier alpha value is -1.06. The maximum atomic E-state index is 5.76. The van der Waals surface area contributed by atoms with E-state index in [0.717, 1.165) is 44.6 Å². The Kier molecular flexibility index (Phi) is 3.04. The fourth-order valence-corrected chi connectivity index (χ4v) is 2.48. The lowest BCUT2D eigenvalue weighted by Crippen LogP contribution is -2.41. The molecule has 0 aromatic heterocycles. The van der Waals surface area contributed by atoms with Crippen LogP contribution in [0.25, 0.3) is 0 Å². The van der Waals surface area contributed by atoms with E-state index in [1.165, 1.54) is 11.1 Å². The predicted molar refractivity (Wildman–Crippen MR) is 66.3 cm³/mol. The van der Waals surface area contributed by atoms with E-state index in [0.29, 0.717) is 12.1 Å². The van der Waals surface area contributed by atoms with Crippen LogP contribution in [0.4, 0.5) is 0 Å². The summed E-state index contributed by atoms with van der Waals surface area (Å²) < 4.78 is 11.2. The van der Waals surface area contributed by atoms with Crippen LogP contribution in [0.3, 0.4) is 0 Å². The smallest absolute Gasteiger partial charge is 0.122 e. The van der Waals surface area contributed by atoms with Crippen LogP contribution in [0.1, 0.15) is 24.0 Å². The highest BCUT2D eigenvalue weighted by Gasteiger charge is 2.26. The van der Waals surface area contributed by atoms with E-state index < -0.39 is 0 Å². The van der Waals surface area contributed by atoms with E-state index in [-0.39, 0.29) is 0 Å². The third-order valence-electron chi connectivity index (χ3n) is 3.63. The van der Waals surface area contributed by atoms with Crippen molar-refractivity contribution in [2.24, 2.45) is 5.73 Å². The van der Waals surface area contributed by atoms with Gasteiger partial charge in [-0.2, -0.15) is 0 Å². The van der Waals surface area contributed by atoms with Gasteiger partial charge in [0, 0.05) is 12.5 Å². The van der Waals surface area contributed by atoms with Crippen LogP contribution >= 0.6 is 0 Å². The van der Waals surface area contributed by atoms with E-state index in [9.17, 15) is 0 Å². The largest absolute Gasteiger partial charge is 0.493 e. The second-order valence-electron chi connectivity index (χ2n) is 5.01. The lowest BCUT2D eigenvalue weighted by molar-refractivity contribution is -0.00662. The average molecular weight is 233 g/mol. The van der Waals surface area contributed by atoms with Crippen molar-refractivity contribution in [3.63, 3.8) is 0 Å². The van der Waals surface area contributed by atoms with Crippen molar-refractivity contribution in [1.82, 2.24) is 0 Å². The first kappa shape index (κ1) is 11.1. The molecular formula is C14H19NO2. The summed E-state index contributed by atoms with van der Waals surface area (Å²) in [6.07, 6.45) is 4.49. The second kappa shape index (κ2) is 4.67. The van der Waals surface area contributed by atoms with Crippen molar-refractivity contribution in [1.29, 1.82) is 0 Å². The van der Waals surface area contributed by atoms with E-state index >= 15 is 0 Å². The van der Waals surface area contributed by atoms with Crippen molar-refractivity contribution >= 4 is 0 Å². The molecule has 0 amide bonds. The second-order valence-corrected chi connectivity index (χ2v) is 5.01. The fourth-order valence-electron chi connectivity index (χ4n) is 2.48. The summed E-state index contributed by atoms with van der Waals surface area (Å²) in [7, 11) is 0. The Labute approximate surface area is 102 Å². The molecule has 3 heteroatoms. The molecule has 2 N–H and O–H groups in total. The minimum atomic E-state index is 0.372. The van der Waals surface area contributed by atoms with Gasteiger partial charge < -0.3 is 15.2 Å². The molecule has 0 bridgehead atoms. The van der Waals surface area contributed by atoms with Crippen LogP contribution in [-0.4, -0.2) is 25.4 Å². The number of rotatable bonds is 4. The fraction of sp³-hybridized carbons (Fsp3) is 0.571. The molecule has 1 heterocycles. The molecule has 3 rings (SSSR count). The van der Waals surface area contributed by atoms with E-state index in [1.54, 1.807) is 0 Å². The Balaban J connectivity index is 1.48. The standard InChI is InChI=1S/C14H19NO2/c15-12-8-13(9-12)16-5-3-10-1-2-14-11(7-10)4-6-17-14/h1-2,7,12-13H,3-6,8-9,15H2. The molecule has 1 aliphatic heterocycles. The van der Waals surface area contributed by atoms with Crippen molar-refractivity contribution in [3.8, 4) is 5.75 Å². The van der Waals surface area contributed by atoms with Gasteiger partial charge in [0.15, 0.2) is 0 Å².